The lowest BCUT2D eigenvalue weighted by molar-refractivity contribution is 0.103. The van der Waals surface area contributed by atoms with Crippen LogP contribution in [0.5, 0.6) is 0 Å². The van der Waals surface area contributed by atoms with Crippen molar-refractivity contribution in [1.29, 1.82) is 0 Å². The molecule has 2 aromatic carbocycles. The highest BCUT2D eigenvalue weighted by atomic mass is 35.5. The first-order valence-electron chi connectivity index (χ1n) is 8.04. The SMILES string of the molecule is O=C(Nc1cccc(-c2ccc(CO)o2)c1)c1sc2cc(Cl)ccc2c1Cl. The number of aliphatic hydroxyl groups is 1. The molecule has 4 rings (SSSR count). The Morgan fingerprint density at radius 2 is 1.96 bits per heavy atom. The predicted octanol–water partition coefficient (Wildman–Crippen LogP) is 6.21. The van der Waals surface area contributed by atoms with Crippen LogP contribution in [0.25, 0.3) is 21.4 Å². The van der Waals surface area contributed by atoms with Crippen LogP contribution in [0.2, 0.25) is 10.0 Å². The van der Waals surface area contributed by atoms with Crippen molar-refractivity contribution in [3.63, 3.8) is 0 Å². The highest BCUT2D eigenvalue weighted by molar-refractivity contribution is 7.21. The highest BCUT2D eigenvalue weighted by Gasteiger charge is 2.18. The molecule has 1 amide bonds. The molecule has 4 aromatic rings. The van der Waals surface area contributed by atoms with E-state index in [4.69, 9.17) is 32.7 Å². The van der Waals surface area contributed by atoms with Crippen LogP contribution in [0.15, 0.2) is 59.0 Å². The molecule has 27 heavy (non-hydrogen) atoms. The fraction of sp³-hybridized carbons (Fsp3) is 0.0500. The lowest BCUT2D eigenvalue weighted by Gasteiger charge is -2.06. The van der Waals surface area contributed by atoms with Crippen molar-refractivity contribution in [2.45, 2.75) is 6.61 Å². The molecule has 0 saturated carbocycles. The number of thiophene rings is 1. The fourth-order valence-corrected chi connectivity index (χ4v) is 4.43. The van der Waals surface area contributed by atoms with Crippen LogP contribution < -0.4 is 5.32 Å². The average Bonchev–Trinajstić information content (AvgIpc) is 3.27. The van der Waals surface area contributed by atoms with Crippen LogP contribution in [0.3, 0.4) is 0 Å². The first-order chi connectivity index (χ1) is 13.0. The molecular formula is C20H13Cl2NO3S. The second-order valence-corrected chi connectivity index (χ2v) is 7.71. The molecule has 0 aliphatic carbocycles. The van der Waals surface area contributed by atoms with Gasteiger partial charge in [-0.25, -0.2) is 0 Å². The third-order valence-electron chi connectivity index (χ3n) is 4.02. The van der Waals surface area contributed by atoms with Gasteiger partial charge in [-0.2, -0.15) is 0 Å². The summed E-state index contributed by atoms with van der Waals surface area (Å²) in [6.07, 6.45) is 0. The van der Waals surface area contributed by atoms with Gasteiger partial charge in [0.05, 0.1) is 5.02 Å². The molecular weight excluding hydrogens is 405 g/mol. The molecule has 0 spiro atoms. The molecule has 2 heterocycles. The standard InChI is InChI=1S/C20H13Cl2NO3S/c21-12-4-6-15-17(9-12)27-19(18(15)22)20(25)23-13-3-1-2-11(8-13)16-7-5-14(10-24)26-16/h1-9,24H,10H2,(H,23,25). The zero-order valence-corrected chi connectivity index (χ0v) is 16.2. The quantitative estimate of drug-likeness (QED) is 0.414. The van der Waals surface area contributed by atoms with Gasteiger partial charge < -0.3 is 14.8 Å². The molecule has 0 saturated heterocycles. The summed E-state index contributed by atoms with van der Waals surface area (Å²) < 4.78 is 6.40. The Balaban J connectivity index is 1.61. The van der Waals surface area contributed by atoms with E-state index in [9.17, 15) is 4.79 Å². The molecule has 4 nitrogen and oxygen atoms in total. The van der Waals surface area contributed by atoms with Gasteiger partial charge in [-0.15, -0.1) is 11.3 Å². The molecule has 136 valence electrons. The Morgan fingerprint density at radius 3 is 2.74 bits per heavy atom. The average molecular weight is 418 g/mol. The molecule has 2 N–H and O–H groups in total. The van der Waals surface area contributed by atoms with Crippen molar-refractivity contribution in [1.82, 2.24) is 0 Å². The molecule has 0 aliphatic rings. The molecule has 7 heteroatoms. The van der Waals surface area contributed by atoms with E-state index in [1.165, 1.54) is 11.3 Å². The van der Waals surface area contributed by atoms with Gasteiger partial charge in [0.15, 0.2) is 0 Å². The van der Waals surface area contributed by atoms with Crippen molar-refractivity contribution in [3.8, 4) is 11.3 Å². The van der Waals surface area contributed by atoms with Gasteiger partial charge in [-0.05, 0) is 36.4 Å². The molecule has 0 aliphatic heterocycles. The Labute approximate surface area is 169 Å². The maximum absolute atomic E-state index is 12.7. The van der Waals surface area contributed by atoms with Gasteiger partial charge in [0.1, 0.15) is 23.0 Å². The molecule has 0 radical (unpaired) electrons. The largest absolute Gasteiger partial charge is 0.459 e. The Morgan fingerprint density at radius 1 is 1.11 bits per heavy atom. The van der Waals surface area contributed by atoms with Crippen molar-refractivity contribution >= 4 is 56.2 Å². The van der Waals surface area contributed by atoms with Crippen LogP contribution in [0.1, 0.15) is 15.4 Å². The lowest BCUT2D eigenvalue weighted by Crippen LogP contribution is -2.10. The summed E-state index contributed by atoms with van der Waals surface area (Å²) in [5.74, 6) is 0.810. The number of hydrogen-bond donors (Lipinski definition) is 2. The zero-order valence-electron chi connectivity index (χ0n) is 13.8. The second-order valence-electron chi connectivity index (χ2n) is 5.84. The number of amides is 1. The first-order valence-corrected chi connectivity index (χ1v) is 9.61. The Kier molecular flexibility index (Phi) is 4.93. The number of fused-ring (bicyclic) bond motifs is 1. The van der Waals surface area contributed by atoms with Gasteiger partial charge in [-0.3, -0.25) is 4.79 Å². The van der Waals surface area contributed by atoms with E-state index in [2.05, 4.69) is 5.32 Å². The van der Waals surface area contributed by atoms with Crippen LogP contribution in [-0.2, 0) is 6.61 Å². The number of carbonyl (C=O) groups is 1. The third kappa shape index (κ3) is 3.59. The molecule has 0 fully saturated rings. The normalized spacial score (nSPS) is 11.1. The summed E-state index contributed by atoms with van der Waals surface area (Å²) in [6.45, 7) is -0.162. The monoisotopic (exact) mass is 417 g/mol. The van der Waals surface area contributed by atoms with E-state index >= 15 is 0 Å². The zero-order chi connectivity index (χ0) is 19.0. The lowest BCUT2D eigenvalue weighted by atomic mass is 10.1. The molecule has 0 bridgehead atoms. The Bertz CT molecular complexity index is 1150. The molecule has 2 aromatic heterocycles. The minimum Gasteiger partial charge on any atom is -0.459 e. The predicted molar refractivity (Wildman–Crippen MR) is 110 cm³/mol. The fourth-order valence-electron chi connectivity index (χ4n) is 2.74. The number of carbonyl (C=O) groups excluding carboxylic acids is 1. The molecule has 0 unspecified atom stereocenters. The number of anilines is 1. The minimum atomic E-state index is -0.287. The maximum Gasteiger partial charge on any atom is 0.267 e. The second kappa shape index (κ2) is 7.37. The topological polar surface area (TPSA) is 62.5 Å². The van der Waals surface area contributed by atoms with E-state index in [0.29, 0.717) is 32.1 Å². The van der Waals surface area contributed by atoms with Gasteiger partial charge in [0.2, 0.25) is 0 Å². The van der Waals surface area contributed by atoms with Crippen LogP contribution in [0, 0.1) is 0 Å². The first kappa shape index (κ1) is 18.1. The number of rotatable bonds is 4. The summed E-state index contributed by atoms with van der Waals surface area (Å²) in [5, 5.41) is 13.8. The summed E-state index contributed by atoms with van der Waals surface area (Å²) in [5.41, 5.74) is 1.41. The van der Waals surface area contributed by atoms with E-state index < -0.39 is 0 Å². The highest BCUT2D eigenvalue weighted by Crippen LogP contribution is 2.37. The van der Waals surface area contributed by atoms with Gasteiger partial charge in [-0.1, -0.05) is 41.4 Å². The summed E-state index contributed by atoms with van der Waals surface area (Å²) >= 11 is 13.7. The summed E-state index contributed by atoms with van der Waals surface area (Å²) in [6, 6.07) is 16.1. The van der Waals surface area contributed by atoms with E-state index in [-0.39, 0.29) is 12.5 Å². The van der Waals surface area contributed by atoms with Crippen molar-refractivity contribution in [3.05, 3.63) is 75.3 Å². The van der Waals surface area contributed by atoms with Crippen LogP contribution in [0.4, 0.5) is 5.69 Å². The van der Waals surface area contributed by atoms with E-state index in [0.717, 1.165) is 15.6 Å². The van der Waals surface area contributed by atoms with Crippen molar-refractivity contribution < 1.29 is 14.3 Å². The minimum absolute atomic E-state index is 0.162. The van der Waals surface area contributed by atoms with Crippen LogP contribution >= 0.6 is 34.5 Å². The van der Waals surface area contributed by atoms with Gasteiger partial charge in [0.25, 0.3) is 5.91 Å². The van der Waals surface area contributed by atoms with Gasteiger partial charge in [0, 0.05) is 26.4 Å². The van der Waals surface area contributed by atoms with Crippen molar-refractivity contribution in [2.24, 2.45) is 0 Å². The van der Waals surface area contributed by atoms with Crippen molar-refractivity contribution in [2.75, 3.05) is 5.32 Å². The maximum atomic E-state index is 12.7. The Hall–Kier alpha value is -2.31. The van der Waals surface area contributed by atoms with Crippen LogP contribution in [-0.4, -0.2) is 11.0 Å². The number of hydrogen-bond acceptors (Lipinski definition) is 4. The van der Waals surface area contributed by atoms with E-state index in [1.54, 1.807) is 36.4 Å². The smallest absolute Gasteiger partial charge is 0.267 e. The van der Waals surface area contributed by atoms with Gasteiger partial charge >= 0.3 is 0 Å². The number of nitrogens with one attached hydrogen (secondary N) is 1. The number of furan rings is 1. The number of halogens is 2. The third-order valence-corrected chi connectivity index (χ3v) is 5.91. The number of aliphatic hydroxyl groups excluding tert-OH is 1. The number of benzene rings is 2. The van der Waals surface area contributed by atoms with E-state index in [1.807, 2.05) is 18.2 Å². The summed E-state index contributed by atoms with van der Waals surface area (Å²) in [7, 11) is 0. The molecule has 0 atom stereocenters. The summed E-state index contributed by atoms with van der Waals surface area (Å²) in [4.78, 5) is 13.1.